The van der Waals surface area contributed by atoms with Crippen LogP contribution in [-0.2, 0) is 4.74 Å². The van der Waals surface area contributed by atoms with Crippen molar-refractivity contribution in [1.82, 2.24) is 4.90 Å². The van der Waals surface area contributed by atoms with Crippen LogP contribution in [0.1, 0.15) is 0 Å². The van der Waals surface area contributed by atoms with E-state index in [2.05, 4.69) is 22.9 Å². The summed E-state index contributed by atoms with van der Waals surface area (Å²) in [6, 6.07) is 5.99. The molecule has 2 fully saturated rings. The highest BCUT2D eigenvalue weighted by Crippen LogP contribution is 2.34. The molecule has 1 amide bonds. The molecule has 0 unspecified atom stereocenters. The minimum atomic E-state index is -0.282. The minimum absolute atomic E-state index is 0.282. The molecule has 2 aromatic rings. The molecule has 0 saturated carbocycles. The fourth-order valence-electron chi connectivity index (χ4n) is 3.13. The number of furan rings is 1. The van der Waals surface area contributed by atoms with Gasteiger partial charge in [-0.3, -0.25) is 4.90 Å². The first-order valence-corrected chi connectivity index (χ1v) is 7.61. The zero-order valence-corrected chi connectivity index (χ0v) is 12.6. The molecular weight excluding hydrogens is 282 g/mol. The van der Waals surface area contributed by atoms with Crippen LogP contribution >= 0.6 is 0 Å². The molecular formula is C16H19N3O3. The van der Waals surface area contributed by atoms with Crippen LogP contribution < -0.4 is 9.80 Å². The number of carbonyl (C=O) groups is 1. The summed E-state index contributed by atoms with van der Waals surface area (Å²) in [7, 11) is 2.14. The third-order valence-corrected chi connectivity index (χ3v) is 4.45. The van der Waals surface area contributed by atoms with Gasteiger partial charge in [-0.05, 0) is 19.2 Å². The third-order valence-electron chi connectivity index (χ3n) is 4.45. The van der Waals surface area contributed by atoms with Gasteiger partial charge in [0.25, 0.3) is 0 Å². The normalized spacial score (nSPS) is 20.0. The predicted molar refractivity (Wildman–Crippen MR) is 84.6 cm³/mol. The molecule has 116 valence electrons. The number of carbonyl (C=O) groups excluding carboxylic acids is 1. The van der Waals surface area contributed by atoms with E-state index in [-0.39, 0.29) is 6.09 Å². The summed E-state index contributed by atoms with van der Waals surface area (Å²) >= 11 is 0. The van der Waals surface area contributed by atoms with E-state index in [0.717, 1.165) is 48.5 Å². The van der Waals surface area contributed by atoms with E-state index >= 15 is 0 Å². The molecule has 0 spiro atoms. The summed E-state index contributed by atoms with van der Waals surface area (Å²) in [6.45, 7) is 5.06. The highest BCUT2D eigenvalue weighted by atomic mass is 16.6. The lowest BCUT2D eigenvalue weighted by Crippen LogP contribution is -2.44. The molecule has 0 bridgehead atoms. The second kappa shape index (κ2) is 5.21. The number of likely N-dealkylation sites (N-methyl/N-ethyl adjacent to an activating group) is 1. The Morgan fingerprint density at radius 2 is 1.91 bits per heavy atom. The van der Waals surface area contributed by atoms with Gasteiger partial charge in [0.15, 0.2) is 0 Å². The molecule has 2 saturated heterocycles. The lowest BCUT2D eigenvalue weighted by atomic mass is 10.1. The molecule has 1 aromatic heterocycles. The topological polar surface area (TPSA) is 49.2 Å². The summed E-state index contributed by atoms with van der Waals surface area (Å²) in [4.78, 5) is 18.2. The SMILES string of the molecule is CN1CCN(c2cc(N3CCOC3=O)cc3occc23)CC1. The summed E-state index contributed by atoms with van der Waals surface area (Å²) < 4.78 is 10.6. The lowest BCUT2D eigenvalue weighted by Gasteiger charge is -2.34. The Balaban J connectivity index is 1.75. The Kier molecular flexibility index (Phi) is 3.18. The van der Waals surface area contributed by atoms with Crippen molar-refractivity contribution >= 4 is 28.4 Å². The van der Waals surface area contributed by atoms with E-state index in [1.165, 1.54) is 0 Å². The zero-order valence-electron chi connectivity index (χ0n) is 12.6. The average Bonchev–Trinajstić information content (AvgIpc) is 3.15. The van der Waals surface area contributed by atoms with Gasteiger partial charge in [-0.1, -0.05) is 0 Å². The maximum Gasteiger partial charge on any atom is 0.414 e. The number of hydrogen-bond donors (Lipinski definition) is 0. The number of nitrogens with zero attached hydrogens (tertiary/aromatic N) is 3. The van der Waals surface area contributed by atoms with Crippen LogP contribution in [0.25, 0.3) is 11.0 Å². The van der Waals surface area contributed by atoms with Crippen LogP contribution in [0.4, 0.5) is 16.2 Å². The summed E-state index contributed by atoms with van der Waals surface area (Å²) in [5, 5.41) is 1.10. The average molecular weight is 301 g/mol. The molecule has 2 aliphatic heterocycles. The molecule has 3 heterocycles. The molecule has 1 aromatic carbocycles. The second-order valence-electron chi connectivity index (χ2n) is 5.85. The molecule has 0 radical (unpaired) electrons. The molecule has 2 aliphatic rings. The predicted octanol–water partition coefficient (Wildman–Crippen LogP) is 2.14. The maximum absolute atomic E-state index is 11.8. The highest BCUT2D eigenvalue weighted by molar-refractivity contribution is 5.98. The first-order valence-electron chi connectivity index (χ1n) is 7.61. The van der Waals surface area contributed by atoms with Crippen LogP contribution in [0, 0.1) is 0 Å². The Hall–Kier alpha value is -2.21. The van der Waals surface area contributed by atoms with E-state index in [9.17, 15) is 4.79 Å². The number of cyclic esters (lactones) is 1. The van der Waals surface area contributed by atoms with Gasteiger partial charge in [0.2, 0.25) is 0 Å². The van der Waals surface area contributed by atoms with Gasteiger partial charge in [-0.25, -0.2) is 4.79 Å². The molecule has 4 rings (SSSR count). The van der Waals surface area contributed by atoms with Crippen molar-refractivity contribution < 1.29 is 13.9 Å². The smallest absolute Gasteiger partial charge is 0.414 e. The number of piperazine rings is 1. The largest absolute Gasteiger partial charge is 0.464 e. The van der Waals surface area contributed by atoms with Crippen molar-refractivity contribution in [2.45, 2.75) is 0 Å². The first kappa shape index (κ1) is 13.5. The van der Waals surface area contributed by atoms with Crippen LogP contribution in [0.3, 0.4) is 0 Å². The Morgan fingerprint density at radius 3 is 2.64 bits per heavy atom. The van der Waals surface area contributed by atoms with Crippen molar-refractivity contribution in [2.24, 2.45) is 0 Å². The fraction of sp³-hybridized carbons (Fsp3) is 0.438. The van der Waals surface area contributed by atoms with Crippen LogP contribution in [-0.4, -0.2) is 57.4 Å². The first-order chi connectivity index (χ1) is 10.7. The zero-order chi connectivity index (χ0) is 15.1. The van der Waals surface area contributed by atoms with Crippen LogP contribution in [0.2, 0.25) is 0 Å². The highest BCUT2D eigenvalue weighted by Gasteiger charge is 2.26. The van der Waals surface area contributed by atoms with Gasteiger partial charge in [0.05, 0.1) is 24.2 Å². The van der Waals surface area contributed by atoms with E-state index < -0.39 is 0 Å². The van der Waals surface area contributed by atoms with Gasteiger partial charge in [0, 0.05) is 37.6 Å². The molecule has 0 N–H and O–H groups in total. The Bertz CT molecular complexity index is 704. The fourth-order valence-corrected chi connectivity index (χ4v) is 3.13. The monoisotopic (exact) mass is 301 g/mol. The van der Waals surface area contributed by atoms with E-state index in [4.69, 9.17) is 9.15 Å². The number of ether oxygens (including phenoxy) is 1. The van der Waals surface area contributed by atoms with Crippen molar-refractivity contribution in [3.63, 3.8) is 0 Å². The number of anilines is 2. The maximum atomic E-state index is 11.8. The quantitative estimate of drug-likeness (QED) is 0.850. The molecule has 0 aliphatic carbocycles. The summed E-state index contributed by atoms with van der Waals surface area (Å²) in [5.74, 6) is 0. The van der Waals surface area contributed by atoms with E-state index in [1.807, 2.05) is 12.1 Å². The van der Waals surface area contributed by atoms with Crippen LogP contribution in [0.5, 0.6) is 0 Å². The van der Waals surface area contributed by atoms with Gasteiger partial charge < -0.3 is 19.0 Å². The van der Waals surface area contributed by atoms with Crippen molar-refractivity contribution in [2.75, 3.05) is 56.2 Å². The number of rotatable bonds is 2. The van der Waals surface area contributed by atoms with Crippen molar-refractivity contribution in [3.05, 3.63) is 24.5 Å². The van der Waals surface area contributed by atoms with Crippen molar-refractivity contribution in [1.29, 1.82) is 0 Å². The minimum Gasteiger partial charge on any atom is -0.464 e. The third kappa shape index (κ3) is 2.20. The van der Waals surface area contributed by atoms with Gasteiger partial charge >= 0.3 is 6.09 Å². The standard InChI is InChI=1S/C16H19N3O3/c1-17-3-5-18(6-4-17)14-10-12(19-7-9-22-16(19)20)11-15-13(14)2-8-21-15/h2,8,10-11H,3-7,9H2,1H3. The molecule has 0 atom stereocenters. The molecule has 22 heavy (non-hydrogen) atoms. The Morgan fingerprint density at radius 1 is 1.09 bits per heavy atom. The van der Waals surface area contributed by atoms with Crippen LogP contribution in [0.15, 0.2) is 28.9 Å². The number of benzene rings is 1. The number of amides is 1. The van der Waals surface area contributed by atoms with Gasteiger partial charge in [-0.15, -0.1) is 0 Å². The van der Waals surface area contributed by atoms with Gasteiger partial charge in [0.1, 0.15) is 12.2 Å². The molecule has 6 nitrogen and oxygen atoms in total. The summed E-state index contributed by atoms with van der Waals surface area (Å²) in [5.41, 5.74) is 2.79. The van der Waals surface area contributed by atoms with E-state index in [1.54, 1.807) is 11.2 Å². The van der Waals surface area contributed by atoms with Gasteiger partial charge in [-0.2, -0.15) is 0 Å². The number of hydrogen-bond acceptors (Lipinski definition) is 5. The Labute approximate surface area is 128 Å². The number of fused-ring (bicyclic) bond motifs is 1. The molecule has 6 heteroatoms. The van der Waals surface area contributed by atoms with Crippen molar-refractivity contribution in [3.8, 4) is 0 Å². The second-order valence-corrected chi connectivity index (χ2v) is 5.85. The summed E-state index contributed by atoms with van der Waals surface area (Å²) in [6.07, 6.45) is 1.42. The van der Waals surface area contributed by atoms with E-state index in [0.29, 0.717) is 13.2 Å². The lowest BCUT2D eigenvalue weighted by molar-refractivity contribution is 0.181.